The van der Waals surface area contributed by atoms with Crippen molar-refractivity contribution in [1.82, 2.24) is 10.6 Å². The first-order valence-electron chi connectivity index (χ1n) is 7.63. The monoisotopic (exact) mass is 513 g/mol. The molecule has 0 saturated carbocycles. The Bertz CT molecular complexity index is 524. The molecule has 4 nitrogen and oxygen atoms in total. The van der Waals surface area contributed by atoms with Crippen LogP contribution in [0.3, 0.4) is 0 Å². The van der Waals surface area contributed by atoms with Crippen molar-refractivity contribution in [2.75, 3.05) is 24.6 Å². The molecule has 7 heteroatoms. The van der Waals surface area contributed by atoms with Gasteiger partial charge in [0.2, 0.25) is 0 Å². The summed E-state index contributed by atoms with van der Waals surface area (Å²) in [4.78, 5) is 4.58. The van der Waals surface area contributed by atoms with Crippen molar-refractivity contribution in [3.63, 3.8) is 0 Å². The van der Waals surface area contributed by atoms with Gasteiger partial charge < -0.3 is 15.7 Å². The molecule has 0 bridgehead atoms. The molecule has 2 unspecified atom stereocenters. The number of halogens is 2. The lowest BCUT2D eigenvalue weighted by molar-refractivity contribution is 0.0778. The summed E-state index contributed by atoms with van der Waals surface area (Å²) < 4.78 is 1.08. The number of thioether (sulfide) groups is 1. The fourth-order valence-corrected chi connectivity index (χ4v) is 4.29. The molecule has 1 fully saturated rings. The van der Waals surface area contributed by atoms with Gasteiger partial charge in [-0.25, -0.2) is 0 Å². The number of nitrogens with zero attached hydrogens (tertiary/aromatic N) is 1. The Kier molecular flexibility index (Phi) is 9.25. The first kappa shape index (κ1) is 21.1. The van der Waals surface area contributed by atoms with Crippen LogP contribution in [-0.2, 0) is 0 Å². The van der Waals surface area contributed by atoms with E-state index >= 15 is 0 Å². The highest BCUT2D eigenvalue weighted by Gasteiger charge is 2.31. The maximum absolute atomic E-state index is 10.4. The van der Waals surface area contributed by atoms with Gasteiger partial charge in [-0.05, 0) is 37.7 Å². The maximum atomic E-state index is 10.4. The van der Waals surface area contributed by atoms with Gasteiger partial charge in [-0.2, -0.15) is 11.8 Å². The molecule has 3 N–H and O–H groups in total. The van der Waals surface area contributed by atoms with Crippen molar-refractivity contribution < 1.29 is 5.11 Å². The van der Waals surface area contributed by atoms with E-state index in [4.69, 9.17) is 0 Å². The van der Waals surface area contributed by atoms with Crippen LogP contribution in [0.15, 0.2) is 33.7 Å². The van der Waals surface area contributed by atoms with Crippen LogP contribution in [-0.4, -0.2) is 41.3 Å². The molecule has 0 radical (unpaired) electrons. The number of hydrogen-bond acceptors (Lipinski definition) is 3. The van der Waals surface area contributed by atoms with Gasteiger partial charge in [-0.3, -0.25) is 4.99 Å². The van der Waals surface area contributed by atoms with E-state index < -0.39 is 5.60 Å². The summed E-state index contributed by atoms with van der Waals surface area (Å²) in [6, 6.07) is 8.29. The van der Waals surface area contributed by atoms with Crippen molar-refractivity contribution in [3.8, 4) is 0 Å². The smallest absolute Gasteiger partial charge is 0.191 e. The lowest BCUT2D eigenvalue weighted by Crippen LogP contribution is -2.41. The van der Waals surface area contributed by atoms with E-state index in [2.05, 4.69) is 44.5 Å². The van der Waals surface area contributed by atoms with E-state index in [1.165, 1.54) is 5.56 Å². The molecule has 2 atom stereocenters. The summed E-state index contributed by atoms with van der Waals surface area (Å²) in [5.74, 6) is 2.54. The van der Waals surface area contributed by atoms with E-state index in [0.29, 0.717) is 6.54 Å². The van der Waals surface area contributed by atoms with Crippen LogP contribution < -0.4 is 10.6 Å². The average molecular weight is 514 g/mol. The third-order valence-electron chi connectivity index (χ3n) is 3.68. The summed E-state index contributed by atoms with van der Waals surface area (Å²) in [5, 5.41) is 17.1. The molecule has 130 valence electrons. The maximum Gasteiger partial charge on any atom is 0.191 e. The number of guanidine groups is 1. The number of nitrogens with one attached hydrogen (secondary N) is 2. The molecule has 23 heavy (non-hydrogen) atoms. The molecule has 2 rings (SSSR count). The van der Waals surface area contributed by atoms with Crippen LogP contribution in [0.2, 0.25) is 0 Å². The molecule has 0 spiro atoms. The molecule has 1 aliphatic rings. The predicted molar refractivity (Wildman–Crippen MR) is 114 cm³/mol. The lowest BCUT2D eigenvalue weighted by atomic mass is 10.0. The molecule has 0 aliphatic carbocycles. The minimum Gasteiger partial charge on any atom is -0.387 e. The van der Waals surface area contributed by atoms with Gasteiger partial charge in [-0.15, -0.1) is 24.0 Å². The van der Waals surface area contributed by atoms with Crippen molar-refractivity contribution in [3.05, 3.63) is 34.3 Å². The Morgan fingerprint density at radius 2 is 2.22 bits per heavy atom. The van der Waals surface area contributed by atoms with Crippen molar-refractivity contribution in [2.45, 2.75) is 31.9 Å². The Balaban J connectivity index is 0.00000264. The molecule has 1 saturated heterocycles. The van der Waals surface area contributed by atoms with E-state index in [0.717, 1.165) is 34.9 Å². The SMILES string of the molecule is CCNC(=NCC1(O)CCSC1)NC(C)c1ccccc1Br.I. The minimum atomic E-state index is -0.649. The summed E-state index contributed by atoms with van der Waals surface area (Å²) in [5.41, 5.74) is 0.534. The van der Waals surface area contributed by atoms with Gasteiger partial charge in [0, 0.05) is 16.8 Å². The van der Waals surface area contributed by atoms with Gasteiger partial charge in [0.05, 0.1) is 18.2 Å². The number of rotatable bonds is 5. The van der Waals surface area contributed by atoms with Crippen LogP contribution >= 0.6 is 51.7 Å². The average Bonchev–Trinajstić information content (AvgIpc) is 2.93. The second-order valence-electron chi connectivity index (χ2n) is 5.61. The summed E-state index contributed by atoms with van der Waals surface area (Å²) in [7, 11) is 0. The quantitative estimate of drug-likeness (QED) is 0.320. The highest BCUT2D eigenvalue weighted by molar-refractivity contribution is 14.0. The summed E-state index contributed by atoms with van der Waals surface area (Å²) >= 11 is 5.38. The molecular weight excluding hydrogens is 489 g/mol. The number of aliphatic imine (C=N–C) groups is 1. The zero-order valence-corrected chi connectivity index (χ0v) is 18.2. The van der Waals surface area contributed by atoms with Crippen LogP contribution in [0.1, 0.15) is 31.9 Å². The minimum absolute atomic E-state index is 0. The first-order valence-corrected chi connectivity index (χ1v) is 9.58. The standard InChI is InChI=1S/C16H24BrN3OS.HI/c1-3-18-15(19-10-16(21)8-9-22-11-16)20-12(2)13-6-4-5-7-14(13)17;/h4-7,12,21H,3,8-11H2,1-2H3,(H2,18,19,20);1H. The Morgan fingerprint density at radius 1 is 1.48 bits per heavy atom. The number of hydrogen-bond donors (Lipinski definition) is 3. The second kappa shape index (κ2) is 10.1. The second-order valence-corrected chi connectivity index (χ2v) is 7.57. The van der Waals surface area contributed by atoms with Gasteiger partial charge in [0.15, 0.2) is 5.96 Å². The third-order valence-corrected chi connectivity index (χ3v) is 5.64. The van der Waals surface area contributed by atoms with E-state index in [1.807, 2.05) is 25.1 Å². The Hall–Kier alpha value is 0.01000. The highest BCUT2D eigenvalue weighted by Crippen LogP contribution is 2.28. The van der Waals surface area contributed by atoms with Crippen molar-refractivity contribution in [1.29, 1.82) is 0 Å². The molecule has 0 aromatic heterocycles. The van der Waals surface area contributed by atoms with E-state index in [1.54, 1.807) is 11.8 Å². The molecule has 0 amide bonds. The van der Waals surface area contributed by atoms with Gasteiger partial charge in [0.25, 0.3) is 0 Å². The zero-order chi connectivity index (χ0) is 16.0. The molecule has 1 heterocycles. The summed E-state index contributed by atoms with van der Waals surface area (Å²) in [6.07, 6.45) is 0.820. The first-order chi connectivity index (χ1) is 10.5. The molecule has 1 aromatic rings. The fraction of sp³-hybridized carbons (Fsp3) is 0.562. The summed E-state index contributed by atoms with van der Waals surface area (Å²) in [6.45, 7) is 5.38. The molecule has 1 aromatic carbocycles. The van der Waals surface area contributed by atoms with E-state index in [-0.39, 0.29) is 30.0 Å². The highest BCUT2D eigenvalue weighted by atomic mass is 127. The van der Waals surface area contributed by atoms with Gasteiger partial charge in [0.1, 0.15) is 0 Å². The zero-order valence-electron chi connectivity index (χ0n) is 13.5. The van der Waals surface area contributed by atoms with Gasteiger partial charge >= 0.3 is 0 Å². The van der Waals surface area contributed by atoms with Crippen LogP contribution in [0, 0.1) is 0 Å². The number of aliphatic hydroxyl groups is 1. The van der Waals surface area contributed by atoms with Crippen LogP contribution in [0.4, 0.5) is 0 Å². The lowest BCUT2D eigenvalue weighted by Gasteiger charge is -2.22. The normalized spacial score (nSPS) is 22.3. The largest absolute Gasteiger partial charge is 0.387 e. The number of benzene rings is 1. The molecular formula is C16H25BrIN3OS. The predicted octanol–water partition coefficient (Wildman–Crippen LogP) is 3.55. The molecule has 1 aliphatic heterocycles. The fourth-order valence-electron chi connectivity index (χ4n) is 2.38. The van der Waals surface area contributed by atoms with Crippen LogP contribution in [0.25, 0.3) is 0 Å². The third kappa shape index (κ3) is 6.43. The van der Waals surface area contributed by atoms with E-state index in [9.17, 15) is 5.11 Å². The van der Waals surface area contributed by atoms with Crippen molar-refractivity contribution >= 4 is 57.6 Å². The Labute approximate surface area is 168 Å². The van der Waals surface area contributed by atoms with Crippen LogP contribution in [0.5, 0.6) is 0 Å². The van der Waals surface area contributed by atoms with Crippen molar-refractivity contribution in [2.24, 2.45) is 4.99 Å². The Morgan fingerprint density at radius 3 is 2.83 bits per heavy atom. The topological polar surface area (TPSA) is 56.7 Å². The van der Waals surface area contributed by atoms with Gasteiger partial charge in [-0.1, -0.05) is 34.1 Å².